The molecule has 0 radical (unpaired) electrons. The molecule has 0 aliphatic rings. The minimum atomic E-state index is -0.191. The van der Waals surface area contributed by atoms with Gasteiger partial charge in [0, 0.05) is 29.0 Å². The Labute approximate surface area is 120 Å². The third-order valence-electron chi connectivity index (χ3n) is 3.05. The lowest BCUT2D eigenvalue weighted by molar-refractivity contribution is 0.0935. The van der Waals surface area contributed by atoms with Gasteiger partial charge in [-0.1, -0.05) is 0 Å². The Bertz CT molecular complexity index is 591. The van der Waals surface area contributed by atoms with Crippen molar-refractivity contribution in [1.29, 1.82) is 0 Å². The van der Waals surface area contributed by atoms with Gasteiger partial charge in [-0.2, -0.15) is 5.10 Å². The van der Waals surface area contributed by atoms with Crippen molar-refractivity contribution in [2.75, 3.05) is 0 Å². The molecule has 19 heavy (non-hydrogen) atoms. The molecule has 100 valence electrons. The van der Waals surface area contributed by atoms with Crippen LogP contribution in [0.5, 0.6) is 0 Å². The average Bonchev–Trinajstić information content (AvgIpc) is 2.70. The zero-order valence-electron chi connectivity index (χ0n) is 11.0. The number of nitrogens with one attached hydrogen (secondary N) is 1. The first-order chi connectivity index (χ1) is 8.99. The molecule has 0 fully saturated rings. The molecule has 0 saturated carbocycles. The normalized spacial score (nSPS) is 12.2. The second-order valence-corrected chi connectivity index (χ2v) is 5.28. The van der Waals surface area contributed by atoms with Gasteiger partial charge in [0.1, 0.15) is 5.69 Å². The molecule has 2 rings (SSSR count). The minimum Gasteiger partial charge on any atom is -0.344 e. The first kappa shape index (κ1) is 13.7. The Morgan fingerprint density at radius 2 is 2.16 bits per heavy atom. The molecule has 5 nitrogen and oxygen atoms in total. The number of hydrogen-bond donors (Lipinski definition) is 1. The summed E-state index contributed by atoms with van der Waals surface area (Å²) < 4.78 is 2.63. The van der Waals surface area contributed by atoms with Gasteiger partial charge in [0.25, 0.3) is 5.91 Å². The van der Waals surface area contributed by atoms with E-state index in [2.05, 4.69) is 31.3 Å². The van der Waals surface area contributed by atoms with Gasteiger partial charge in [-0.05, 0) is 41.9 Å². The Morgan fingerprint density at radius 1 is 1.42 bits per heavy atom. The zero-order valence-corrected chi connectivity index (χ0v) is 12.6. The summed E-state index contributed by atoms with van der Waals surface area (Å²) in [6, 6.07) is 3.37. The van der Waals surface area contributed by atoms with Crippen LogP contribution in [0.1, 0.15) is 34.7 Å². The number of pyridine rings is 1. The smallest absolute Gasteiger partial charge is 0.270 e. The number of aromatic nitrogens is 3. The number of carbonyl (C=O) groups excluding carboxylic acids is 1. The van der Waals surface area contributed by atoms with Crippen molar-refractivity contribution in [2.45, 2.75) is 19.9 Å². The summed E-state index contributed by atoms with van der Waals surface area (Å²) in [6.07, 6.45) is 3.38. The van der Waals surface area contributed by atoms with Gasteiger partial charge in [0.2, 0.25) is 0 Å². The van der Waals surface area contributed by atoms with E-state index in [0.29, 0.717) is 5.69 Å². The second-order valence-electron chi connectivity index (χ2n) is 4.37. The summed E-state index contributed by atoms with van der Waals surface area (Å²) in [5, 5.41) is 7.09. The largest absolute Gasteiger partial charge is 0.344 e. The Morgan fingerprint density at radius 3 is 2.68 bits per heavy atom. The van der Waals surface area contributed by atoms with Crippen LogP contribution < -0.4 is 5.32 Å². The Kier molecular flexibility index (Phi) is 3.99. The number of halogens is 1. The molecule has 1 N–H and O–H groups in total. The van der Waals surface area contributed by atoms with E-state index in [1.54, 1.807) is 29.2 Å². The fourth-order valence-corrected chi connectivity index (χ4v) is 2.03. The zero-order chi connectivity index (χ0) is 14.0. The molecule has 2 aromatic heterocycles. The fourth-order valence-electron chi connectivity index (χ4n) is 1.80. The molecule has 0 aliphatic carbocycles. The molecule has 0 aliphatic heterocycles. The minimum absolute atomic E-state index is 0.105. The first-order valence-corrected chi connectivity index (χ1v) is 6.69. The summed E-state index contributed by atoms with van der Waals surface area (Å²) in [4.78, 5) is 16.1. The van der Waals surface area contributed by atoms with Crippen molar-refractivity contribution >= 4 is 21.8 Å². The second kappa shape index (κ2) is 5.52. The maximum absolute atomic E-state index is 12.0. The predicted molar refractivity (Wildman–Crippen MR) is 75.8 cm³/mol. The van der Waals surface area contributed by atoms with Crippen LogP contribution in [0, 0.1) is 6.92 Å². The van der Waals surface area contributed by atoms with Gasteiger partial charge >= 0.3 is 0 Å². The van der Waals surface area contributed by atoms with Gasteiger partial charge in [0.05, 0.1) is 12.2 Å². The van der Waals surface area contributed by atoms with Crippen LogP contribution in [0.3, 0.4) is 0 Å². The van der Waals surface area contributed by atoms with E-state index >= 15 is 0 Å². The monoisotopic (exact) mass is 322 g/mol. The van der Waals surface area contributed by atoms with E-state index in [1.807, 2.05) is 20.9 Å². The van der Waals surface area contributed by atoms with Crippen molar-refractivity contribution in [1.82, 2.24) is 20.1 Å². The molecule has 2 aromatic rings. The van der Waals surface area contributed by atoms with E-state index in [0.717, 1.165) is 15.7 Å². The summed E-state index contributed by atoms with van der Waals surface area (Å²) >= 11 is 3.29. The van der Waals surface area contributed by atoms with Crippen LogP contribution in [-0.4, -0.2) is 20.7 Å². The number of nitrogens with zero attached hydrogens (tertiary/aromatic N) is 3. The SMILES string of the molecule is Cc1c(C(C)NC(=O)c2ccc(Br)cn2)cnn1C. The van der Waals surface area contributed by atoms with Crippen molar-refractivity contribution in [3.63, 3.8) is 0 Å². The number of rotatable bonds is 3. The van der Waals surface area contributed by atoms with Crippen LogP contribution in [0.15, 0.2) is 29.0 Å². The number of carbonyl (C=O) groups is 1. The maximum Gasteiger partial charge on any atom is 0.270 e. The van der Waals surface area contributed by atoms with Crippen LogP contribution in [0.2, 0.25) is 0 Å². The number of aryl methyl sites for hydroxylation is 1. The Hall–Kier alpha value is -1.69. The molecule has 2 heterocycles. The van der Waals surface area contributed by atoms with Crippen LogP contribution in [-0.2, 0) is 7.05 Å². The van der Waals surface area contributed by atoms with E-state index < -0.39 is 0 Å². The quantitative estimate of drug-likeness (QED) is 0.943. The molecule has 0 spiro atoms. The molecule has 1 amide bonds. The van der Waals surface area contributed by atoms with Gasteiger partial charge in [-0.3, -0.25) is 9.48 Å². The van der Waals surface area contributed by atoms with Gasteiger partial charge < -0.3 is 5.32 Å². The summed E-state index contributed by atoms with van der Waals surface area (Å²) in [5.74, 6) is -0.191. The predicted octanol–water partition coefficient (Wildman–Crippen LogP) is 2.38. The van der Waals surface area contributed by atoms with Crippen LogP contribution >= 0.6 is 15.9 Å². The third kappa shape index (κ3) is 3.01. The standard InChI is InChI=1S/C13H15BrN4O/c1-8(11-7-16-18(3)9(11)2)17-13(19)12-5-4-10(14)6-15-12/h4-8H,1-3H3,(H,17,19). The summed E-state index contributed by atoms with van der Waals surface area (Å²) in [7, 11) is 1.88. The molecular weight excluding hydrogens is 308 g/mol. The van der Waals surface area contributed by atoms with Gasteiger partial charge in [-0.25, -0.2) is 4.98 Å². The first-order valence-electron chi connectivity index (χ1n) is 5.90. The van der Waals surface area contributed by atoms with Crippen LogP contribution in [0.4, 0.5) is 0 Å². The van der Waals surface area contributed by atoms with Gasteiger partial charge in [0.15, 0.2) is 0 Å². The molecule has 0 aromatic carbocycles. The molecule has 0 saturated heterocycles. The summed E-state index contributed by atoms with van der Waals surface area (Å²) in [6.45, 7) is 3.91. The lowest BCUT2D eigenvalue weighted by Gasteiger charge is -2.13. The summed E-state index contributed by atoms with van der Waals surface area (Å²) in [5.41, 5.74) is 2.45. The van der Waals surface area contributed by atoms with Crippen molar-refractivity contribution in [3.8, 4) is 0 Å². The van der Waals surface area contributed by atoms with E-state index in [1.165, 1.54) is 0 Å². The molecular formula is C13H15BrN4O. The highest BCUT2D eigenvalue weighted by Crippen LogP contribution is 2.16. The van der Waals surface area contributed by atoms with Crippen molar-refractivity contribution < 1.29 is 4.79 Å². The molecule has 6 heteroatoms. The number of hydrogen-bond acceptors (Lipinski definition) is 3. The van der Waals surface area contributed by atoms with Gasteiger partial charge in [-0.15, -0.1) is 0 Å². The highest BCUT2D eigenvalue weighted by atomic mass is 79.9. The highest BCUT2D eigenvalue weighted by molar-refractivity contribution is 9.10. The molecule has 1 atom stereocenters. The number of amides is 1. The molecule has 1 unspecified atom stereocenters. The van der Waals surface area contributed by atoms with Crippen molar-refractivity contribution in [3.05, 3.63) is 46.0 Å². The molecule has 0 bridgehead atoms. The third-order valence-corrected chi connectivity index (χ3v) is 3.52. The Balaban J connectivity index is 2.10. The van der Waals surface area contributed by atoms with Crippen LogP contribution in [0.25, 0.3) is 0 Å². The highest BCUT2D eigenvalue weighted by Gasteiger charge is 2.16. The van der Waals surface area contributed by atoms with Crippen molar-refractivity contribution in [2.24, 2.45) is 7.05 Å². The van der Waals surface area contributed by atoms with E-state index in [9.17, 15) is 4.79 Å². The van der Waals surface area contributed by atoms with E-state index in [-0.39, 0.29) is 11.9 Å². The topological polar surface area (TPSA) is 59.8 Å². The average molecular weight is 323 g/mol. The lowest BCUT2D eigenvalue weighted by Crippen LogP contribution is -2.27. The van der Waals surface area contributed by atoms with E-state index in [4.69, 9.17) is 0 Å². The lowest BCUT2D eigenvalue weighted by atomic mass is 10.1. The fraction of sp³-hybridized carbons (Fsp3) is 0.308. The maximum atomic E-state index is 12.0.